The Balaban J connectivity index is 1.16. The van der Waals surface area contributed by atoms with Crippen molar-refractivity contribution >= 4 is 11.8 Å². The molecule has 0 bridgehead atoms. The second-order valence-electron chi connectivity index (χ2n) is 11.6. The Morgan fingerprint density at radius 2 is 1.87 bits per heavy atom. The smallest absolute Gasteiger partial charge is 0.228 e. The van der Waals surface area contributed by atoms with Gasteiger partial charge in [-0.15, -0.1) is 0 Å². The van der Waals surface area contributed by atoms with Gasteiger partial charge in [-0.05, 0) is 81.7 Å². The number of likely N-dealkylation sites (tertiary alicyclic amines) is 1. The van der Waals surface area contributed by atoms with Crippen molar-refractivity contribution in [2.24, 2.45) is 5.41 Å². The molecule has 0 radical (unpaired) electrons. The highest BCUT2D eigenvalue weighted by molar-refractivity contribution is 5.83. The van der Waals surface area contributed by atoms with Gasteiger partial charge in [-0.3, -0.25) is 14.6 Å². The van der Waals surface area contributed by atoms with Crippen molar-refractivity contribution < 1.29 is 14.3 Å². The predicted octanol–water partition coefficient (Wildman–Crippen LogP) is 4.70. The normalized spacial score (nSPS) is 22.4. The van der Waals surface area contributed by atoms with E-state index in [1.54, 1.807) is 0 Å². The molecule has 1 unspecified atom stereocenters. The quantitative estimate of drug-likeness (QED) is 0.618. The maximum atomic E-state index is 13.8. The van der Waals surface area contributed by atoms with Crippen LogP contribution in [0.25, 0.3) is 0 Å². The zero-order chi connectivity index (χ0) is 27.1. The number of carbonyl (C=O) groups is 2. The van der Waals surface area contributed by atoms with Crippen LogP contribution in [0.5, 0.6) is 5.75 Å². The number of pyridine rings is 1. The van der Waals surface area contributed by atoms with Crippen LogP contribution in [0.4, 0.5) is 0 Å². The second kappa shape index (κ2) is 12.9. The van der Waals surface area contributed by atoms with E-state index in [4.69, 9.17) is 9.72 Å². The number of aryl methyl sites for hydroxylation is 2. The highest BCUT2D eigenvalue weighted by Gasteiger charge is 2.43. The van der Waals surface area contributed by atoms with Gasteiger partial charge in [0, 0.05) is 38.3 Å². The fourth-order valence-electron chi connectivity index (χ4n) is 6.52. The van der Waals surface area contributed by atoms with Gasteiger partial charge < -0.3 is 19.9 Å². The Labute approximate surface area is 233 Å². The first-order valence-electron chi connectivity index (χ1n) is 15.0. The van der Waals surface area contributed by atoms with E-state index in [0.29, 0.717) is 45.1 Å². The number of nitrogens with one attached hydrogen (secondary N) is 1. The standard InChI is InChI=1S/C32H44N4O3/c1-35-23-24-39-29-14-5-4-10-25(29)9-3-2-6-17-32(31(35)38)18-21-36(22-19-32)30(37)16-15-26-11-7-12-28(34-26)27-13-8-20-33-27/h4-5,7,10-12,14,27,33H,2-3,6,8-9,13,15-24H2,1H3. The summed E-state index contributed by atoms with van der Waals surface area (Å²) >= 11 is 0. The van der Waals surface area contributed by atoms with E-state index in [1.165, 1.54) is 12.0 Å². The Bertz CT molecular complexity index is 1120. The molecule has 2 aromatic rings. The molecule has 5 rings (SSSR count). The number of amides is 2. The maximum absolute atomic E-state index is 13.8. The molecular weight excluding hydrogens is 488 g/mol. The molecule has 2 amide bonds. The van der Waals surface area contributed by atoms with Crippen molar-refractivity contribution in [3.05, 3.63) is 59.4 Å². The first-order valence-corrected chi connectivity index (χ1v) is 15.0. The van der Waals surface area contributed by atoms with Crippen molar-refractivity contribution in [3.8, 4) is 5.75 Å². The van der Waals surface area contributed by atoms with Gasteiger partial charge in [-0.2, -0.15) is 0 Å². The number of rotatable bonds is 4. The molecule has 210 valence electrons. The average molecular weight is 533 g/mol. The summed E-state index contributed by atoms with van der Waals surface area (Å²) in [6.07, 6.45) is 10.0. The lowest BCUT2D eigenvalue weighted by molar-refractivity contribution is -0.148. The van der Waals surface area contributed by atoms with Gasteiger partial charge in [0.1, 0.15) is 12.4 Å². The number of aromatic nitrogens is 1. The van der Waals surface area contributed by atoms with Gasteiger partial charge in [0.2, 0.25) is 11.8 Å². The number of hydrogen-bond acceptors (Lipinski definition) is 5. The average Bonchev–Trinajstić information content (AvgIpc) is 3.51. The van der Waals surface area contributed by atoms with E-state index >= 15 is 0 Å². The number of fused-ring (bicyclic) bond motifs is 1. The molecule has 2 fully saturated rings. The number of ether oxygens (including phenoxy) is 1. The highest BCUT2D eigenvalue weighted by Crippen LogP contribution is 2.39. The molecule has 0 aliphatic carbocycles. The Morgan fingerprint density at radius 3 is 2.69 bits per heavy atom. The summed E-state index contributed by atoms with van der Waals surface area (Å²) in [5.41, 5.74) is 2.95. The Morgan fingerprint density at radius 1 is 1.03 bits per heavy atom. The molecule has 0 saturated carbocycles. The van der Waals surface area contributed by atoms with Crippen LogP contribution in [0, 0.1) is 5.41 Å². The van der Waals surface area contributed by atoms with Crippen LogP contribution >= 0.6 is 0 Å². The molecule has 1 atom stereocenters. The van der Waals surface area contributed by atoms with E-state index < -0.39 is 0 Å². The summed E-state index contributed by atoms with van der Waals surface area (Å²) in [6.45, 7) is 3.41. The summed E-state index contributed by atoms with van der Waals surface area (Å²) in [6, 6.07) is 14.8. The van der Waals surface area contributed by atoms with Crippen molar-refractivity contribution in [1.82, 2.24) is 20.1 Å². The Kier molecular flexibility index (Phi) is 9.17. The molecule has 1 spiro atoms. The van der Waals surface area contributed by atoms with Gasteiger partial charge in [-0.25, -0.2) is 0 Å². The fraction of sp³-hybridized carbons (Fsp3) is 0.594. The molecule has 2 saturated heterocycles. The van der Waals surface area contributed by atoms with Gasteiger partial charge >= 0.3 is 0 Å². The third-order valence-electron chi connectivity index (χ3n) is 8.97. The van der Waals surface area contributed by atoms with Crippen molar-refractivity contribution in [1.29, 1.82) is 0 Å². The predicted molar refractivity (Wildman–Crippen MR) is 153 cm³/mol. The molecule has 1 N–H and O–H groups in total. The van der Waals surface area contributed by atoms with Crippen LogP contribution in [0.1, 0.15) is 80.8 Å². The van der Waals surface area contributed by atoms with Crippen LogP contribution < -0.4 is 10.1 Å². The van der Waals surface area contributed by atoms with Crippen LogP contribution in [0.15, 0.2) is 42.5 Å². The van der Waals surface area contributed by atoms with Gasteiger partial charge in [0.15, 0.2) is 0 Å². The lowest BCUT2D eigenvalue weighted by atomic mass is 9.73. The lowest BCUT2D eigenvalue weighted by Gasteiger charge is -2.42. The third kappa shape index (κ3) is 6.81. The van der Waals surface area contributed by atoms with E-state index in [-0.39, 0.29) is 17.2 Å². The largest absolute Gasteiger partial charge is 0.491 e. The van der Waals surface area contributed by atoms with E-state index in [0.717, 1.165) is 75.0 Å². The number of piperidine rings is 1. The molecular formula is C32H44N4O3. The molecule has 39 heavy (non-hydrogen) atoms. The minimum absolute atomic E-state index is 0.174. The number of benzene rings is 1. The SMILES string of the molecule is CN1CCOc2ccccc2CCCCCC2(CCN(C(=O)CCc3cccc(C4CCCN4)n3)CC2)C1=O. The monoisotopic (exact) mass is 532 g/mol. The molecule has 4 heterocycles. The molecule has 7 nitrogen and oxygen atoms in total. The summed E-state index contributed by atoms with van der Waals surface area (Å²) in [5, 5.41) is 3.51. The van der Waals surface area contributed by atoms with E-state index in [1.807, 2.05) is 35.0 Å². The molecule has 3 aliphatic rings. The zero-order valence-corrected chi connectivity index (χ0v) is 23.5. The lowest BCUT2D eigenvalue weighted by Crippen LogP contribution is -2.51. The molecule has 1 aromatic heterocycles. The highest BCUT2D eigenvalue weighted by atomic mass is 16.5. The van der Waals surface area contributed by atoms with Crippen LogP contribution in [-0.4, -0.2) is 66.4 Å². The van der Waals surface area contributed by atoms with Crippen molar-refractivity contribution in [2.75, 3.05) is 39.8 Å². The van der Waals surface area contributed by atoms with Crippen LogP contribution in [-0.2, 0) is 22.4 Å². The fourth-order valence-corrected chi connectivity index (χ4v) is 6.52. The van der Waals surface area contributed by atoms with Crippen LogP contribution in [0.2, 0.25) is 0 Å². The summed E-state index contributed by atoms with van der Waals surface area (Å²) in [4.78, 5) is 35.6. The summed E-state index contributed by atoms with van der Waals surface area (Å²) in [7, 11) is 1.90. The van der Waals surface area contributed by atoms with Crippen LogP contribution in [0.3, 0.4) is 0 Å². The summed E-state index contributed by atoms with van der Waals surface area (Å²) < 4.78 is 6.09. The topological polar surface area (TPSA) is 74.8 Å². The van der Waals surface area contributed by atoms with E-state index in [9.17, 15) is 9.59 Å². The number of likely N-dealkylation sites (N-methyl/N-ethyl adjacent to an activating group) is 1. The van der Waals surface area contributed by atoms with Crippen molar-refractivity contribution in [3.63, 3.8) is 0 Å². The van der Waals surface area contributed by atoms with E-state index in [2.05, 4.69) is 29.6 Å². The number of para-hydroxylation sites is 1. The minimum Gasteiger partial charge on any atom is -0.491 e. The first-order chi connectivity index (χ1) is 19.0. The second-order valence-corrected chi connectivity index (χ2v) is 11.6. The Hall–Kier alpha value is -2.93. The van der Waals surface area contributed by atoms with Gasteiger partial charge in [-0.1, -0.05) is 37.1 Å². The van der Waals surface area contributed by atoms with Gasteiger partial charge in [0.25, 0.3) is 0 Å². The number of carbonyl (C=O) groups excluding carboxylic acids is 2. The van der Waals surface area contributed by atoms with Gasteiger partial charge in [0.05, 0.1) is 17.7 Å². The maximum Gasteiger partial charge on any atom is 0.228 e. The molecule has 7 heteroatoms. The first kappa shape index (κ1) is 27.6. The summed E-state index contributed by atoms with van der Waals surface area (Å²) in [5.74, 6) is 1.33. The molecule has 1 aromatic carbocycles. The molecule has 3 aliphatic heterocycles. The minimum atomic E-state index is -0.378. The number of nitrogens with zero attached hydrogens (tertiary/aromatic N) is 3. The number of hydrogen-bond donors (Lipinski definition) is 1. The van der Waals surface area contributed by atoms with Crippen molar-refractivity contribution in [2.45, 2.75) is 76.7 Å². The third-order valence-corrected chi connectivity index (χ3v) is 8.97. The zero-order valence-electron chi connectivity index (χ0n) is 23.5.